The van der Waals surface area contributed by atoms with E-state index >= 15 is 0 Å². The smallest absolute Gasteiger partial charge is 0.303 e. The third-order valence-corrected chi connectivity index (χ3v) is 17.5. The molecule has 2 aromatic heterocycles. The van der Waals surface area contributed by atoms with E-state index < -0.39 is 77.5 Å². The molecule has 2 N–H and O–H groups in total. The molecular formula is C47H53N5O10SSi. The van der Waals surface area contributed by atoms with Crippen LogP contribution in [0.15, 0.2) is 131 Å². The molecule has 1 fully saturated rings. The van der Waals surface area contributed by atoms with Gasteiger partial charge in [-0.05, 0) is 40.0 Å². The predicted molar refractivity (Wildman–Crippen MR) is 243 cm³/mol. The van der Waals surface area contributed by atoms with Crippen LogP contribution in [0.3, 0.4) is 0 Å². The van der Waals surface area contributed by atoms with E-state index in [4.69, 9.17) is 22.8 Å². The number of nitrogens with one attached hydrogen (secondary N) is 2. The molecule has 0 spiro atoms. The van der Waals surface area contributed by atoms with E-state index in [-0.39, 0.29) is 35.2 Å². The summed E-state index contributed by atoms with van der Waals surface area (Å²) >= 11 is 0. The number of rotatable bonds is 16. The maximum Gasteiger partial charge on any atom is 0.303 e. The van der Waals surface area contributed by atoms with Gasteiger partial charge in [-0.2, -0.15) is 13.4 Å². The number of esters is 1. The summed E-state index contributed by atoms with van der Waals surface area (Å²) in [4.78, 5) is 50.8. The van der Waals surface area contributed by atoms with Crippen LogP contribution in [0.5, 0.6) is 0 Å². The lowest BCUT2D eigenvalue weighted by molar-refractivity contribution is -0.160. The molecule has 6 aromatic rings. The Hall–Kier alpha value is -5.82. The molecule has 1 aliphatic heterocycles. The number of carbonyl (C=O) groups is 2. The number of imidazole rings is 1. The van der Waals surface area contributed by atoms with Gasteiger partial charge in [0.15, 0.2) is 23.5 Å². The van der Waals surface area contributed by atoms with Gasteiger partial charge in [0, 0.05) is 12.8 Å². The molecule has 1 aliphatic rings. The van der Waals surface area contributed by atoms with E-state index in [1.54, 1.807) is 26.0 Å². The van der Waals surface area contributed by atoms with Gasteiger partial charge in [0.2, 0.25) is 11.9 Å². The van der Waals surface area contributed by atoms with Crippen molar-refractivity contribution in [3.63, 3.8) is 0 Å². The molecule has 0 radical (unpaired) electrons. The number of fused-ring (bicyclic) bond motifs is 1. The van der Waals surface area contributed by atoms with E-state index in [9.17, 15) is 22.8 Å². The molecule has 4 aromatic carbocycles. The average molecular weight is 908 g/mol. The van der Waals surface area contributed by atoms with Crippen LogP contribution in [-0.2, 0) is 49.1 Å². The first-order valence-electron chi connectivity index (χ1n) is 20.9. The Bertz CT molecular complexity index is 2710. The van der Waals surface area contributed by atoms with Crippen LogP contribution in [0, 0.1) is 12.8 Å². The van der Waals surface area contributed by atoms with Gasteiger partial charge < -0.3 is 18.6 Å². The Morgan fingerprint density at radius 1 is 0.906 bits per heavy atom. The van der Waals surface area contributed by atoms with Crippen molar-refractivity contribution in [3.05, 3.63) is 143 Å². The first-order valence-corrected chi connectivity index (χ1v) is 24.3. The molecule has 15 nitrogen and oxygen atoms in total. The summed E-state index contributed by atoms with van der Waals surface area (Å²) in [7, 11) is -7.88. The maximum absolute atomic E-state index is 14.2. The molecule has 3 heterocycles. The second-order valence-electron chi connectivity index (χ2n) is 17.2. The fraction of sp³-hybridized carbons (Fsp3) is 0.340. The van der Waals surface area contributed by atoms with Gasteiger partial charge in [0.25, 0.3) is 24.0 Å². The van der Waals surface area contributed by atoms with E-state index in [1.807, 2.05) is 97.9 Å². The highest BCUT2D eigenvalue weighted by molar-refractivity contribution is 7.86. The van der Waals surface area contributed by atoms with Gasteiger partial charge in [-0.25, -0.2) is 4.98 Å². The van der Waals surface area contributed by atoms with Crippen LogP contribution in [0.1, 0.15) is 58.9 Å². The van der Waals surface area contributed by atoms with Gasteiger partial charge in [-0.15, -0.1) is 0 Å². The number of aromatic amines is 1. The molecule has 0 unspecified atom stereocenters. The molecule has 4 atom stereocenters. The van der Waals surface area contributed by atoms with E-state index in [0.717, 1.165) is 21.5 Å². The van der Waals surface area contributed by atoms with Crippen molar-refractivity contribution < 1.29 is 40.8 Å². The highest BCUT2D eigenvalue weighted by atomic mass is 32.2. The van der Waals surface area contributed by atoms with Gasteiger partial charge in [-0.1, -0.05) is 143 Å². The second-order valence-corrected chi connectivity index (χ2v) is 23.1. The quantitative estimate of drug-likeness (QED) is 0.0677. The Kier molecular flexibility index (Phi) is 13.5. The fourth-order valence-electron chi connectivity index (χ4n) is 8.01. The van der Waals surface area contributed by atoms with Crippen molar-refractivity contribution >= 4 is 57.8 Å². The minimum atomic E-state index is -4.46. The van der Waals surface area contributed by atoms with Crippen LogP contribution < -0.4 is 21.2 Å². The molecule has 0 bridgehead atoms. The van der Waals surface area contributed by atoms with Crippen molar-refractivity contribution in [1.82, 2.24) is 19.5 Å². The molecule has 0 saturated carbocycles. The first kappa shape index (κ1) is 46.2. The summed E-state index contributed by atoms with van der Waals surface area (Å²) in [5.41, 5.74) is -1.06. The summed E-state index contributed by atoms with van der Waals surface area (Å²) in [6.07, 6.45) is -2.71. The topological polar surface area (TPSA) is 190 Å². The summed E-state index contributed by atoms with van der Waals surface area (Å²) in [6.45, 7) is 11.7. The Labute approximate surface area is 373 Å². The maximum atomic E-state index is 14.2. The number of nitrogens with zero attached hydrogens (tertiary/aromatic N) is 3. The number of hydrogen-bond acceptors (Lipinski definition) is 12. The number of amides is 1. The van der Waals surface area contributed by atoms with Crippen LogP contribution in [0.2, 0.25) is 5.04 Å². The summed E-state index contributed by atoms with van der Waals surface area (Å²) in [5.74, 6) is -1.69. The highest BCUT2D eigenvalue weighted by Crippen LogP contribution is 2.45. The number of aryl methyl sites for hydroxylation is 1. The standard InChI is InChI=1S/C47H53N5O10SSi/c1-31(2)42(54)50-45-49-41-38(43(55)51-45)48-30-52(41)44-39(61-33(4)53)40(58-27-34-17-11-8-12-18-34)47(62-44,28-59-63(56,57)35-25-23-32(3)24-26-35)29-60-64(46(5,6)7,36-19-13-9-14-20-36)37-21-15-10-16-22-37/h8-26,30-31,39-40,44H,27-29H2,1-7H3,(H2,49,50,51,54,55)/t39-,40+,44-,47-/m1/s1. The zero-order chi connectivity index (χ0) is 45.9. The van der Waals surface area contributed by atoms with E-state index in [0.29, 0.717) is 0 Å². The lowest BCUT2D eigenvalue weighted by Crippen LogP contribution is -2.68. The molecule has 1 amide bonds. The minimum Gasteiger partial charge on any atom is -0.455 e. The predicted octanol–water partition coefficient (Wildman–Crippen LogP) is 5.79. The van der Waals surface area contributed by atoms with Crippen LogP contribution >= 0.6 is 0 Å². The van der Waals surface area contributed by atoms with Crippen LogP contribution in [0.25, 0.3) is 11.2 Å². The molecule has 1 saturated heterocycles. The van der Waals surface area contributed by atoms with E-state index in [1.165, 1.54) is 30.0 Å². The number of anilines is 1. The second kappa shape index (κ2) is 18.7. The molecule has 336 valence electrons. The van der Waals surface area contributed by atoms with Crippen molar-refractivity contribution in [3.8, 4) is 0 Å². The van der Waals surface area contributed by atoms with E-state index in [2.05, 4.69) is 41.0 Å². The Morgan fingerprint density at radius 2 is 1.50 bits per heavy atom. The number of ether oxygens (including phenoxy) is 3. The summed E-state index contributed by atoms with van der Waals surface area (Å²) < 4.78 is 63.3. The largest absolute Gasteiger partial charge is 0.455 e. The minimum absolute atomic E-state index is 0.0244. The zero-order valence-electron chi connectivity index (χ0n) is 36.8. The molecule has 17 heteroatoms. The van der Waals surface area contributed by atoms with Crippen LogP contribution in [0.4, 0.5) is 5.95 Å². The van der Waals surface area contributed by atoms with Gasteiger partial charge in [0.05, 0.1) is 24.4 Å². The van der Waals surface area contributed by atoms with Crippen molar-refractivity contribution in [2.24, 2.45) is 5.92 Å². The third kappa shape index (κ3) is 9.50. The lowest BCUT2D eigenvalue weighted by atomic mass is 9.96. The zero-order valence-corrected chi connectivity index (χ0v) is 38.6. The number of benzene rings is 4. The Balaban J connectivity index is 1.44. The fourth-order valence-corrected chi connectivity index (χ4v) is 13.6. The normalized spacial score (nSPS) is 19.2. The molecular weight excluding hydrogens is 855 g/mol. The van der Waals surface area contributed by atoms with Gasteiger partial charge in [0.1, 0.15) is 18.3 Å². The van der Waals surface area contributed by atoms with Gasteiger partial charge in [-0.3, -0.25) is 33.4 Å². The van der Waals surface area contributed by atoms with Crippen molar-refractivity contribution in [2.75, 3.05) is 18.5 Å². The number of aromatic nitrogens is 4. The summed E-state index contributed by atoms with van der Waals surface area (Å²) in [5, 5.41) is 3.96. The lowest BCUT2D eigenvalue weighted by Gasteiger charge is -2.45. The van der Waals surface area contributed by atoms with Crippen molar-refractivity contribution in [2.45, 2.75) is 89.0 Å². The molecule has 7 rings (SSSR count). The third-order valence-electron chi connectivity index (χ3n) is 11.2. The average Bonchev–Trinajstić information content (AvgIpc) is 3.82. The van der Waals surface area contributed by atoms with Crippen molar-refractivity contribution in [1.29, 1.82) is 0 Å². The number of hydrogen-bond donors (Lipinski definition) is 2. The first-order chi connectivity index (χ1) is 30.4. The van der Waals surface area contributed by atoms with Gasteiger partial charge >= 0.3 is 5.97 Å². The Morgan fingerprint density at radius 3 is 2.06 bits per heavy atom. The van der Waals surface area contributed by atoms with Crippen LogP contribution in [-0.4, -0.2) is 79.2 Å². The highest BCUT2D eigenvalue weighted by Gasteiger charge is 2.62. The number of carbonyl (C=O) groups excluding carboxylic acids is 2. The summed E-state index contributed by atoms with van der Waals surface area (Å²) in [6, 6.07) is 35.3. The molecule has 64 heavy (non-hydrogen) atoms. The molecule has 0 aliphatic carbocycles. The number of H-pyrrole nitrogens is 1. The SMILES string of the molecule is CC(=O)O[C@H]1[C@H](n2cnc3c(=O)[nH]c(NC(=O)C(C)C)nc32)O[C@@](CO[Si](c2ccccc2)(c2ccccc2)C(C)(C)C)(COS(=O)(=O)c2ccc(C)cc2)[C@H]1OCc1ccccc1. The monoisotopic (exact) mass is 907 g/mol.